The van der Waals surface area contributed by atoms with Crippen LogP contribution in [0.4, 0.5) is 0 Å². The summed E-state index contributed by atoms with van der Waals surface area (Å²) >= 11 is 0. The molecule has 24 heavy (non-hydrogen) atoms. The van der Waals surface area contributed by atoms with E-state index in [1.54, 1.807) is 0 Å². The van der Waals surface area contributed by atoms with Gasteiger partial charge in [0.2, 0.25) is 0 Å². The highest BCUT2D eigenvalue weighted by Gasteiger charge is 2.48. The monoisotopic (exact) mass is 345 g/mol. The summed E-state index contributed by atoms with van der Waals surface area (Å²) in [7, 11) is 0. The molecule has 0 aromatic rings. The number of rotatable bonds is 8. The Kier molecular flexibility index (Phi) is 7.69. The van der Waals surface area contributed by atoms with Crippen molar-refractivity contribution in [3.05, 3.63) is 0 Å². The number of hydrogen-bond donors (Lipinski definition) is 1. The van der Waals surface area contributed by atoms with Gasteiger partial charge in [0.1, 0.15) is 12.2 Å². The van der Waals surface area contributed by atoms with Gasteiger partial charge in [-0.1, -0.05) is 19.8 Å². The van der Waals surface area contributed by atoms with Crippen molar-refractivity contribution in [2.75, 3.05) is 13.2 Å². The van der Waals surface area contributed by atoms with E-state index >= 15 is 0 Å². The number of ether oxygens (including phenoxy) is 4. The predicted octanol–water partition coefficient (Wildman–Crippen LogP) is 3.63. The minimum Gasteiger partial charge on any atom is -0.373 e. The maximum Gasteiger partial charge on any atom is 0.181 e. The largest absolute Gasteiger partial charge is 0.373 e. The van der Waals surface area contributed by atoms with Gasteiger partial charge in [0.05, 0.1) is 30.5 Å². The van der Waals surface area contributed by atoms with E-state index in [0.717, 1.165) is 19.3 Å². The first-order valence-corrected chi connectivity index (χ1v) is 9.25. The highest BCUT2D eigenvalue weighted by Crippen LogP contribution is 2.34. The zero-order valence-electron chi connectivity index (χ0n) is 17.0. The van der Waals surface area contributed by atoms with Crippen molar-refractivity contribution in [3.63, 3.8) is 0 Å². The molecule has 5 nitrogen and oxygen atoms in total. The Morgan fingerprint density at radius 1 is 0.958 bits per heavy atom. The van der Waals surface area contributed by atoms with E-state index in [-0.39, 0.29) is 29.5 Å². The van der Waals surface area contributed by atoms with Crippen molar-refractivity contribution >= 4 is 0 Å². The third kappa shape index (κ3) is 7.36. The Morgan fingerprint density at radius 3 is 1.71 bits per heavy atom. The minimum absolute atomic E-state index is 0.158. The van der Waals surface area contributed by atoms with Crippen LogP contribution in [0.25, 0.3) is 0 Å². The Labute approximate surface area is 148 Å². The van der Waals surface area contributed by atoms with Gasteiger partial charge in [0, 0.05) is 0 Å². The van der Waals surface area contributed by atoms with Crippen molar-refractivity contribution in [3.8, 4) is 0 Å². The van der Waals surface area contributed by atoms with Crippen LogP contribution in [-0.2, 0) is 18.9 Å². The fourth-order valence-electron chi connectivity index (χ4n) is 2.59. The van der Waals surface area contributed by atoms with E-state index in [4.69, 9.17) is 24.7 Å². The van der Waals surface area contributed by atoms with Crippen LogP contribution >= 0.6 is 0 Å². The van der Waals surface area contributed by atoms with E-state index < -0.39 is 5.79 Å². The molecule has 1 fully saturated rings. The van der Waals surface area contributed by atoms with Gasteiger partial charge >= 0.3 is 0 Å². The van der Waals surface area contributed by atoms with E-state index in [1.807, 2.05) is 48.5 Å². The molecular weight excluding hydrogens is 306 g/mol. The molecule has 0 bridgehead atoms. The molecular formula is C19H39NO4. The molecule has 0 spiro atoms. The quantitative estimate of drug-likeness (QED) is 0.728. The third-order valence-electron chi connectivity index (χ3n) is 4.09. The van der Waals surface area contributed by atoms with Crippen LogP contribution in [0.2, 0.25) is 0 Å². The highest BCUT2D eigenvalue weighted by molar-refractivity contribution is 4.90. The van der Waals surface area contributed by atoms with Crippen molar-refractivity contribution in [1.29, 1.82) is 0 Å². The number of hydrogen-bond acceptors (Lipinski definition) is 5. The van der Waals surface area contributed by atoms with Crippen LogP contribution in [-0.4, -0.2) is 48.5 Å². The molecule has 0 radical (unpaired) electrons. The molecule has 0 aromatic heterocycles. The summed E-state index contributed by atoms with van der Waals surface area (Å²) in [4.78, 5) is 0. The summed E-state index contributed by atoms with van der Waals surface area (Å²) in [6.07, 6.45) is 2.70. The first-order valence-electron chi connectivity index (χ1n) is 9.25. The average molecular weight is 346 g/mol. The summed E-state index contributed by atoms with van der Waals surface area (Å²) in [5, 5.41) is 0. The number of nitrogens with two attached hydrogens (primary N) is 1. The lowest BCUT2D eigenvalue weighted by Crippen LogP contribution is -2.47. The van der Waals surface area contributed by atoms with Crippen LogP contribution in [0, 0.1) is 0 Å². The van der Waals surface area contributed by atoms with Crippen LogP contribution in [0.15, 0.2) is 0 Å². The predicted molar refractivity (Wildman–Crippen MR) is 97.1 cm³/mol. The smallest absolute Gasteiger partial charge is 0.181 e. The molecule has 0 unspecified atom stereocenters. The van der Waals surface area contributed by atoms with Gasteiger partial charge in [0.25, 0.3) is 0 Å². The summed E-state index contributed by atoms with van der Waals surface area (Å²) < 4.78 is 24.3. The van der Waals surface area contributed by atoms with Crippen LogP contribution in [0.3, 0.4) is 0 Å². The molecule has 1 aliphatic rings. The molecule has 144 valence electrons. The van der Waals surface area contributed by atoms with Crippen LogP contribution in [0.1, 0.15) is 74.7 Å². The summed E-state index contributed by atoms with van der Waals surface area (Å²) in [6, 6.07) is -0.158. The SMILES string of the molecule is CCCC[C@H](N)C1(C)O[C@@H](COC(C)(C)C)[C@H](COC(C)(C)C)O1. The molecule has 5 heteroatoms. The maximum atomic E-state index is 6.36. The van der Waals surface area contributed by atoms with Crippen molar-refractivity contribution in [2.45, 2.75) is 110 Å². The second-order valence-electron chi connectivity index (χ2n) is 8.92. The Hall–Kier alpha value is -0.200. The molecule has 1 saturated heterocycles. The van der Waals surface area contributed by atoms with Crippen molar-refractivity contribution in [1.82, 2.24) is 0 Å². The highest BCUT2D eigenvalue weighted by atomic mass is 16.8. The van der Waals surface area contributed by atoms with Gasteiger partial charge in [-0.3, -0.25) is 0 Å². The molecule has 1 heterocycles. The lowest BCUT2D eigenvalue weighted by molar-refractivity contribution is -0.188. The first kappa shape index (κ1) is 21.8. The van der Waals surface area contributed by atoms with E-state index in [2.05, 4.69) is 6.92 Å². The summed E-state index contributed by atoms with van der Waals surface area (Å²) in [5.41, 5.74) is 5.92. The summed E-state index contributed by atoms with van der Waals surface area (Å²) in [5.74, 6) is -0.785. The molecule has 1 rings (SSSR count). The molecule has 3 atom stereocenters. The van der Waals surface area contributed by atoms with Crippen molar-refractivity contribution < 1.29 is 18.9 Å². The third-order valence-corrected chi connectivity index (χ3v) is 4.09. The average Bonchev–Trinajstić information content (AvgIpc) is 2.77. The molecule has 0 aliphatic carbocycles. The fourth-order valence-corrected chi connectivity index (χ4v) is 2.59. The van der Waals surface area contributed by atoms with E-state index in [9.17, 15) is 0 Å². The second kappa shape index (κ2) is 8.45. The van der Waals surface area contributed by atoms with Gasteiger partial charge < -0.3 is 24.7 Å². The van der Waals surface area contributed by atoms with Gasteiger partial charge in [-0.15, -0.1) is 0 Å². The van der Waals surface area contributed by atoms with E-state index in [1.165, 1.54) is 0 Å². The van der Waals surface area contributed by atoms with Crippen molar-refractivity contribution in [2.24, 2.45) is 5.73 Å². The standard InChI is InChI=1S/C19H39NO4/c1-9-10-11-16(20)19(8)23-14(12-21-17(2,3)4)15(24-19)13-22-18(5,6)7/h14-16H,9-13,20H2,1-8H3/t14-,15-,16-/m0/s1. The first-order chi connectivity index (χ1) is 10.9. The number of unbranched alkanes of at least 4 members (excludes halogenated alkanes) is 1. The van der Waals surface area contributed by atoms with Gasteiger partial charge in [-0.25, -0.2) is 0 Å². The molecule has 0 amide bonds. The van der Waals surface area contributed by atoms with E-state index in [0.29, 0.717) is 13.2 Å². The second-order valence-corrected chi connectivity index (χ2v) is 8.92. The molecule has 0 saturated carbocycles. The minimum atomic E-state index is -0.785. The lowest BCUT2D eigenvalue weighted by Gasteiger charge is -2.30. The molecule has 0 aromatic carbocycles. The Morgan fingerprint density at radius 2 is 1.38 bits per heavy atom. The Bertz CT molecular complexity index is 347. The Balaban J connectivity index is 2.75. The topological polar surface area (TPSA) is 62.9 Å². The van der Waals surface area contributed by atoms with Gasteiger partial charge in [0.15, 0.2) is 5.79 Å². The summed E-state index contributed by atoms with van der Waals surface area (Å²) in [6.45, 7) is 17.3. The van der Waals surface area contributed by atoms with Gasteiger partial charge in [-0.2, -0.15) is 0 Å². The normalized spacial score (nSPS) is 25.9. The molecule has 2 N–H and O–H groups in total. The fraction of sp³-hybridized carbons (Fsp3) is 1.00. The van der Waals surface area contributed by atoms with Gasteiger partial charge in [-0.05, 0) is 54.9 Å². The van der Waals surface area contributed by atoms with Crippen LogP contribution < -0.4 is 5.73 Å². The van der Waals surface area contributed by atoms with Crippen LogP contribution in [0.5, 0.6) is 0 Å². The molecule has 1 aliphatic heterocycles. The zero-order chi connectivity index (χ0) is 18.6. The lowest BCUT2D eigenvalue weighted by atomic mass is 10.0. The maximum absolute atomic E-state index is 6.36. The zero-order valence-corrected chi connectivity index (χ0v) is 17.0.